The Morgan fingerprint density at radius 1 is 1.63 bits per heavy atom. The molecule has 0 radical (unpaired) electrons. The van der Waals surface area contributed by atoms with Crippen molar-refractivity contribution in [2.45, 2.75) is 31.8 Å². The fourth-order valence-electron chi connectivity index (χ4n) is 2.00. The topological polar surface area (TPSA) is 106 Å². The molecule has 2 heterocycles. The minimum atomic E-state index is -0.725. The van der Waals surface area contributed by atoms with Gasteiger partial charge in [0.25, 0.3) is 5.56 Å². The van der Waals surface area contributed by atoms with Crippen molar-refractivity contribution in [2.24, 2.45) is 0 Å². The number of aryl methyl sites for hydroxylation is 1. The fraction of sp³-hybridized carbons (Fsp3) is 0.636. The van der Waals surface area contributed by atoms with Crippen LogP contribution < -0.4 is 16.7 Å². The Hall–Kier alpha value is -1.48. The Kier molecular flexibility index (Phi) is 4.15. The van der Waals surface area contributed by atoms with Crippen LogP contribution in [0.4, 0.5) is 0 Å². The normalized spacial score (nSPS) is 26.8. The summed E-state index contributed by atoms with van der Waals surface area (Å²) in [5.74, 6) is 0. The van der Waals surface area contributed by atoms with Gasteiger partial charge in [-0.1, -0.05) is 0 Å². The largest absolute Gasteiger partial charge is 0.390 e. The number of rotatable bonds is 4. The van der Waals surface area contributed by atoms with Crippen molar-refractivity contribution < 1.29 is 14.7 Å². The summed E-state index contributed by atoms with van der Waals surface area (Å²) >= 11 is 0. The van der Waals surface area contributed by atoms with Gasteiger partial charge in [0, 0.05) is 25.2 Å². The minimum Gasteiger partial charge on any atom is -0.390 e. The van der Waals surface area contributed by atoms with Crippen LogP contribution in [-0.4, -0.2) is 40.5 Å². The van der Waals surface area contributed by atoms with Crippen LogP contribution in [0.2, 0.25) is 0 Å². The van der Waals surface area contributed by atoms with Gasteiger partial charge >= 0.3 is 5.69 Å². The first-order chi connectivity index (χ1) is 9.02. The highest BCUT2D eigenvalue weighted by molar-refractivity contribution is 5.02. The van der Waals surface area contributed by atoms with E-state index >= 15 is 0 Å². The first kappa shape index (κ1) is 13.9. The van der Waals surface area contributed by atoms with Crippen LogP contribution in [0.15, 0.2) is 15.8 Å². The predicted molar refractivity (Wildman–Crippen MR) is 65.6 cm³/mol. The Bertz CT molecular complexity index is 552. The van der Waals surface area contributed by atoms with Gasteiger partial charge in [0.1, 0.15) is 12.3 Å². The van der Waals surface area contributed by atoms with E-state index in [4.69, 9.17) is 9.57 Å². The SMILES string of the molecule is CNOC[C@H]1O[C@@H](n2cc(C)c(=O)[nH]c2=O)CC1O. The maximum absolute atomic E-state index is 11.7. The van der Waals surface area contributed by atoms with E-state index in [1.54, 1.807) is 14.0 Å². The smallest absolute Gasteiger partial charge is 0.330 e. The summed E-state index contributed by atoms with van der Waals surface area (Å²) in [6.07, 6.45) is -0.152. The molecule has 3 N–H and O–H groups in total. The number of hydrogen-bond acceptors (Lipinski definition) is 6. The number of nitrogens with one attached hydrogen (secondary N) is 2. The van der Waals surface area contributed by atoms with Gasteiger partial charge in [-0.2, -0.15) is 0 Å². The summed E-state index contributed by atoms with van der Waals surface area (Å²) in [7, 11) is 1.61. The molecule has 8 heteroatoms. The van der Waals surface area contributed by atoms with E-state index in [1.165, 1.54) is 10.8 Å². The number of aromatic nitrogens is 2. The molecule has 0 aromatic carbocycles. The Morgan fingerprint density at radius 2 is 2.37 bits per heavy atom. The van der Waals surface area contributed by atoms with Crippen LogP contribution in [0, 0.1) is 6.92 Å². The molecule has 0 spiro atoms. The minimum absolute atomic E-state index is 0.172. The van der Waals surface area contributed by atoms with Crippen molar-refractivity contribution in [1.82, 2.24) is 15.0 Å². The van der Waals surface area contributed by atoms with Gasteiger partial charge in [0.15, 0.2) is 0 Å². The second-order valence-corrected chi connectivity index (χ2v) is 4.43. The highest BCUT2D eigenvalue weighted by Crippen LogP contribution is 2.27. The zero-order chi connectivity index (χ0) is 14.0. The molecule has 19 heavy (non-hydrogen) atoms. The van der Waals surface area contributed by atoms with Gasteiger partial charge in [-0.05, 0) is 6.92 Å². The molecule has 0 saturated carbocycles. The number of nitrogens with zero attached hydrogens (tertiary/aromatic N) is 1. The molecule has 8 nitrogen and oxygen atoms in total. The number of ether oxygens (including phenoxy) is 1. The Balaban J connectivity index is 2.18. The zero-order valence-corrected chi connectivity index (χ0v) is 10.8. The molecule has 106 valence electrons. The van der Waals surface area contributed by atoms with Gasteiger partial charge < -0.3 is 9.84 Å². The molecular formula is C11H17N3O5. The number of hydrogen-bond donors (Lipinski definition) is 3. The molecule has 2 rings (SSSR count). The average molecular weight is 271 g/mol. The second-order valence-electron chi connectivity index (χ2n) is 4.43. The van der Waals surface area contributed by atoms with Crippen molar-refractivity contribution in [3.63, 3.8) is 0 Å². The van der Waals surface area contributed by atoms with Crippen molar-refractivity contribution in [3.8, 4) is 0 Å². The summed E-state index contributed by atoms with van der Waals surface area (Å²) in [6, 6.07) is 0. The molecule has 1 unspecified atom stereocenters. The molecule has 0 amide bonds. The van der Waals surface area contributed by atoms with Gasteiger partial charge in [-0.15, -0.1) is 0 Å². The number of aromatic amines is 1. The predicted octanol–water partition coefficient (Wildman–Crippen LogP) is -1.36. The van der Waals surface area contributed by atoms with E-state index in [0.717, 1.165) is 0 Å². The van der Waals surface area contributed by atoms with E-state index in [2.05, 4.69) is 10.5 Å². The fourth-order valence-corrected chi connectivity index (χ4v) is 2.00. The van der Waals surface area contributed by atoms with Gasteiger partial charge in [0.05, 0.1) is 12.7 Å². The van der Waals surface area contributed by atoms with Crippen molar-refractivity contribution >= 4 is 0 Å². The Labute approximate surface area is 108 Å². The third-order valence-corrected chi connectivity index (χ3v) is 3.05. The van der Waals surface area contributed by atoms with Crippen LogP contribution in [0.3, 0.4) is 0 Å². The molecule has 0 aliphatic carbocycles. The van der Waals surface area contributed by atoms with E-state index in [0.29, 0.717) is 5.56 Å². The standard InChI is InChI=1S/C11H17N3O5/c1-6-4-14(11(17)13-10(6)16)9-3-7(15)8(19-9)5-18-12-2/h4,7-9,12,15H,3,5H2,1-2H3,(H,13,16,17)/t7?,8-,9-/m1/s1. The number of H-pyrrole nitrogens is 1. The highest BCUT2D eigenvalue weighted by Gasteiger charge is 2.35. The molecule has 1 aliphatic rings. The van der Waals surface area contributed by atoms with Crippen molar-refractivity contribution in [1.29, 1.82) is 0 Å². The molecule has 0 bridgehead atoms. The van der Waals surface area contributed by atoms with Gasteiger partial charge in [0.2, 0.25) is 0 Å². The lowest BCUT2D eigenvalue weighted by molar-refractivity contribution is -0.0816. The summed E-state index contributed by atoms with van der Waals surface area (Å²) < 4.78 is 6.84. The van der Waals surface area contributed by atoms with Crippen LogP contribution in [0.25, 0.3) is 0 Å². The molecule has 1 aromatic rings. The molecule has 1 aliphatic heterocycles. The lowest BCUT2D eigenvalue weighted by atomic mass is 10.2. The molecule has 1 saturated heterocycles. The zero-order valence-electron chi connectivity index (χ0n) is 10.8. The van der Waals surface area contributed by atoms with Crippen molar-refractivity contribution in [3.05, 3.63) is 32.6 Å². The molecule has 3 atom stereocenters. The van der Waals surface area contributed by atoms with E-state index < -0.39 is 29.7 Å². The monoisotopic (exact) mass is 271 g/mol. The van der Waals surface area contributed by atoms with Crippen molar-refractivity contribution in [2.75, 3.05) is 13.7 Å². The summed E-state index contributed by atoms with van der Waals surface area (Å²) in [5, 5.41) is 9.84. The van der Waals surface area contributed by atoms with Crippen LogP contribution in [0.5, 0.6) is 0 Å². The lowest BCUT2D eigenvalue weighted by Crippen LogP contribution is -2.33. The third kappa shape index (κ3) is 2.92. The highest BCUT2D eigenvalue weighted by atomic mass is 16.7. The van der Waals surface area contributed by atoms with Crippen LogP contribution in [-0.2, 0) is 9.57 Å². The van der Waals surface area contributed by atoms with E-state index in [-0.39, 0.29) is 13.0 Å². The third-order valence-electron chi connectivity index (χ3n) is 3.05. The maximum Gasteiger partial charge on any atom is 0.330 e. The molecule has 1 fully saturated rings. The number of hydroxylamine groups is 1. The maximum atomic E-state index is 11.7. The van der Waals surface area contributed by atoms with E-state index in [9.17, 15) is 14.7 Å². The molecule has 1 aromatic heterocycles. The first-order valence-electron chi connectivity index (χ1n) is 5.97. The number of aliphatic hydroxyl groups excluding tert-OH is 1. The summed E-state index contributed by atoms with van der Waals surface area (Å²) in [5.41, 5.74) is 1.93. The number of aliphatic hydroxyl groups is 1. The lowest BCUT2D eigenvalue weighted by Gasteiger charge is -2.15. The summed E-state index contributed by atoms with van der Waals surface area (Å²) in [4.78, 5) is 30.2. The average Bonchev–Trinajstić information content (AvgIpc) is 2.72. The summed E-state index contributed by atoms with van der Waals surface area (Å²) in [6.45, 7) is 1.77. The quantitative estimate of drug-likeness (QED) is 0.584. The van der Waals surface area contributed by atoms with Gasteiger partial charge in [-0.3, -0.25) is 19.2 Å². The Morgan fingerprint density at radius 3 is 3.05 bits per heavy atom. The van der Waals surface area contributed by atoms with E-state index in [1.807, 2.05) is 0 Å². The first-order valence-corrected chi connectivity index (χ1v) is 5.97. The second kappa shape index (κ2) is 5.66. The van der Waals surface area contributed by atoms with Crippen LogP contribution >= 0.6 is 0 Å². The molecular weight excluding hydrogens is 254 g/mol. The van der Waals surface area contributed by atoms with Gasteiger partial charge in [-0.25, -0.2) is 10.3 Å². The van der Waals surface area contributed by atoms with Crippen LogP contribution in [0.1, 0.15) is 18.2 Å².